The summed E-state index contributed by atoms with van der Waals surface area (Å²) < 4.78 is 50.4. The highest BCUT2D eigenvalue weighted by atomic mass is 32.2. The molecule has 0 N–H and O–H groups in total. The molecule has 6 heteroatoms. The molecule has 0 fully saturated rings. The fourth-order valence-electron chi connectivity index (χ4n) is 3.80. The Labute approximate surface area is 170 Å². The molecule has 29 heavy (non-hydrogen) atoms. The predicted octanol–water partition coefficient (Wildman–Crippen LogP) is 5.12. The van der Waals surface area contributed by atoms with E-state index in [1.807, 2.05) is 38.1 Å². The van der Waals surface area contributed by atoms with Gasteiger partial charge in [-0.05, 0) is 43.2 Å². The molecule has 1 unspecified atom stereocenters. The van der Waals surface area contributed by atoms with Gasteiger partial charge in [0.25, 0.3) is 10.1 Å². The standard InChI is InChI=1S/C23H21FO4S/c1-14-8-11-22(29(25,26)27-3)19(12-14)21-13-18-20(24)10-9-17(23(18)28-21)16-7-5-4-6-15(16)2/h4-12,21H,13H2,1-3H3. The Hall–Kier alpha value is -2.70. The lowest BCUT2D eigenvalue weighted by Crippen LogP contribution is -2.12. The van der Waals surface area contributed by atoms with E-state index < -0.39 is 16.2 Å². The minimum Gasteiger partial charge on any atom is -0.484 e. The average Bonchev–Trinajstić information content (AvgIpc) is 3.15. The molecule has 1 aliphatic rings. The molecule has 0 aliphatic carbocycles. The van der Waals surface area contributed by atoms with E-state index >= 15 is 0 Å². The van der Waals surface area contributed by atoms with E-state index in [1.165, 1.54) is 12.1 Å². The van der Waals surface area contributed by atoms with E-state index in [0.717, 1.165) is 29.4 Å². The Balaban J connectivity index is 1.84. The molecule has 0 aromatic heterocycles. The van der Waals surface area contributed by atoms with Gasteiger partial charge in [-0.15, -0.1) is 0 Å². The molecule has 0 spiro atoms. The highest BCUT2D eigenvalue weighted by Gasteiger charge is 2.33. The smallest absolute Gasteiger partial charge is 0.297 e. The van der Waals surface area contributed by atoms with Crippen molar-refractivity contribution in [3.8, 4) is 16.9 Å². The van der Waals surface area contributed by atoms with Gasteiger partial charge in [0.1, 0.15) is 22.6 Å². The van der Waals surface area contributed by atoms with E-state index in [-0.39, 0.29) is 17.1 Å². The Morgan fingerprint density at radius 2 is 1.79 bits per heavy atom. The van der Waals surface area contributed by atoms with Crippen LogP contribution in [0.15, 0.2) is 59.5 Å². The Bertz CT molecular complexity index is 1200. The van der Waals surface area contributed by atoms with E-state index in [0.29, 0.717) is 16.9 Å². The average molecular weight is 412 g/mol. The zero-order valence-electron chi connectivity index (χ0n) is 16.4. The highest BCUT2D eigenvalue weighted by Crippen LogP contribution is 2.46. The highest BCUT2D eigenvalue weighted by molar-refractivity contribution is 7.86. The summed E-state index contributed by atoms with van der Waals surface area (Å²) in [4.78, 5) is 0.0428. The maximum atomic E-state index is 14.6. The third-order valence-electron chi connectivity index (χ3n) is 5.29. The van der Waals surface area contributed by atoms with Crippen LogP contribution >= 0.6 is 0 Å². The minimum atomic E-state index is -3.92. The quantitative estimate of drug-likeness (QED) is 0.558. The number of ether oxygens (including phenoxy) is 1. The number of aryl methyl sites for hydroxylation is 2. The van der Waals surface area contributed by atoms with Crippen LogP contribution in [-0.4, -0.2) is 15.5 Å². The molecule has 0 saturated heterocycles. The fourth-order valence-corrected chi connectivity index (χ4v) is 4.69. The van der Waals surface area contributed by atoms with E-state index in [1.54, 1.807) is 18.2 Å². The molecule has 0 radical (unpaired) electrons. The summed E-state index contributed by atoms with van der Waals surface area (Å²) in [7, 11) is -2.80. The van der Waals surface area contributed by atoms with Gasteiger partial charge < -0.3 is 4.74 Å². The maximum Gasteiger partial charge on any atom is 0.297 e. The van der Waals surface area contributed by atoms with Crippen LogP contribution in [0.1, 0.15) is 28.4 Å². The summed E-state index contributed by atoms with van der Waals surface area (Å²) in [6.45, 7) is 3.86. The number of hydrogen-bond donors (Lipinski definition) is 0. The zero-order chi connectivity index (χ0) is 20.8. The first-order valence-electron chi connectivity index (χ1n) is 9.27. The maximum absolute atomic E-state index is 14.6. The zero-order valence-corrected chi connectivity index (χ0v) is 17.2. The Morgan fingerprint density at radius 3 is 2.52 bits per heavy atom. The second kappa shape index (κ2) is 7.28. The second-order valence-electron chi connectivity index (χ2n) is 7.19. The van der Waals surface area contributed by atoms with Crippen molar-refractivity contribution in [2.75, 3.05) is 7.11 Å². The normalized spacial score (nSPS) is 15.8. The number of halogens is 1. The van der Waals surface area contributed by atoms with Crippen LogP contribution in [0.25, 0.3) is 11.1 Å². The number of hydrogen-bond acceptors (Lipinski definition) is 4. The van der Waals surface area contributed by atoms with Crippen LogP contribution in [0.2, 0.25) is 0 Å². The van der Waals surface area contributed by atoms with E-state index in [2.05, 4.69) is 0 Å². The first kappa shape index (κ1) is 19.6. The molecular formula is C23H21FO4S. The molecule has 4 nitrogen and oxygen atoms in total. The van der Waals surface area contributed by atoms with Crippen LogP contribution < -0.4 is 4.74 Å². The molecule has 1 atom stereocenters. The Morgan fingerprint density at radius 1 is 1.03 bits per heavy atom. The molecule has 0 amide bonds. The molecule has 4 rings (SSSR count). The van der Waals surface area contributed by atoms with Crippen molar-refractivity contribution in [2.24, 2.45) is 0 Å². The monoisotopic (exact) mass is 412 g/mol. The van der Waals surface area contributed by atoms with Crippen molar-refractivity contribution in [1.29, 1.82) is 0 Å². The summed E-state index contributed by atoms with van der Waals surface area (Å²) in [5.74, 6) is 0.107. The first-order chi connectivity index (χ1) is 13.8. The van der Waals surface area contributed by atoms with Crippen molar-refractivity contribution in [3.63, 3.8) is 0 Å². The van der Waals surface area contributed by atoms with Gasteiger partial charge in [0.15, 0.2) is 0 Å². The van der Waals surface area contributed by atoms with Crippen LogP contribution in [-0.2, 0) is 20.7 Å². The molecule has 1 heterocycles. The van der Waals surface area contributed by atoms with Gasteiger partial charge in [0.05, 0.1) is 7.11 Å². The lowest BCUT2D eigenvalue weighted by molar-refractivity contribution is 0.235. The topological polar surface area (TPSA) is 52.6 Å². The molecule has 150 valence electrons. The fraction of sp³-hybridized carbons (Fsp3) is 0.217. The summed E-state index contributed by atoms with van der Waals surface area (Å²) in [6.07, 6.45) is -0.374. The summed E-state index contributed by atoms with van der Waals surface area (Å²) in [5, 5.41) is 0. The molecule has 1 aliphatic heterocycles. The summed E-state index contributed by atoms with van der Waals surface area (Å²) in [6, 6.07) is 15.9. The number of benzene rings is 3. The van der Waals surface area contributed by atoms with Crippen molar-refractivity contribution < 1.29 is 21.7 Å². The van der Waals surface area contributed by atoms with Gasteiger partial charge in [0, 0.05) is 23.1 Å². The van der Waals surface area contributed by atoms with Gasteiger partial charge in [-0.2, -0.15) is 8.42 Å². The van der Waals surface area contributed by atoms with Crippen LogP contribution in [0.4, 0.5) is 4.39 Å². The number of fused-ring (bicyclic) bond motifs is 1. The van der Waals surface area contributed by atoms with Gasteiger partial charge in [0.2, 0.25) is 0 Å². The van der Waals surface area contributed by atoms with Crippen molar-refractivity contribution >= 4 is 10.1 Å². The largest absolute Gasteiger partial charge is 0.484 e. The predicted molar refractivity (Wildman–Crippen MR) is 109 cm³/mol. The SMILES string of the molecule is COS(=O)(=O)c1ccc(C)cc1C1Cc2c(F)ccc(-c3ccccc3C)c2O1. The minimum absolute atomic E-state index is 0.0428. The third-order valence-corrected chi connectivity index (χ3v) is 6.64. The lowest BCUT2D eigenvalue weighted by Gasteiger charge is -2.17. The van der Waals surface area contributed by atoms with Gasteiger partial charge in [-0.1, -0.05) is 42.0 Å². The van der Waals surface area contributed by atoms with Crippen molar-refractivity contribution in [2.45, 2.75) is 31.3 Å². The van der Waals surface area contributed by atoms with Gasteiger partial charge >= 0.3 is 0 Å². The van der Waals surface area contributed by atoms with Crippen LogP contribution in [0.5, 0.6) is 5.75 Å². The summed E-state index contributed by atoms with van der Waals surface area (Å²) in [5.41, 5.74) is 4.61. The molecule has 0 saturated carbocycles. The Kier molecular flexibility index (Phi) is 4.92. The molecule has 3 aromatic carbocycles. The van der Waals surface area contributed by atoms with Gasteiger partial charge in [-0.25, -0.2) is 4.39 Å². The van der Waals surface area contributed by atoms with E-state index in [4.69, 9.17) is 8.92 Å². The molecule has 0 bridgehead atoms. The van der Waals surface area contributed by atoms with Crippen molar-refractivity contribution in [1.82, 2.24) is 0 Å². The van der Waals surface area contributed by atoms with Crippen LogP contribution in [0, 0.1) is 19.7 Å². The lowest BCUT2D eigenvalue weighted by atomic mass is 9.96. The second-order valence-corrected chi connectivity index (χ2v) is 8.87. The molecular weight excluding hydrogens is 391 g/mol. The van der Waals surface area contributed by atoms with Crippen molar-refractivity contribution in [3.05, 3.63) is 82.7 Å². The van der Waals surface area contributed by atoms with Crippen LogP contribution in [0.3, 0.4) is 0 Å². The van der Waals surface area contributed by atoms with Gasteiger partial charge in [-0.3, -0.25) is 4.18 Å². The summed E-state index contributed by atoms with van der Waals surface area (Å²) >= 11 is 0. The molecule has 3 aromatic rings. The first-order valence-corrected chi connectivity index (χ1v) is 10.7. The number of rotatable bonds is 4. The third kappa shape index (κ3) is 3.43. The van der Waals surface area contributed by atoms with E-state index in [9.17, 15) is 12.8 Å².